The SMILES string of the molecule is O=C(Oc1cccc(Cl)c1Cl)c1cncc(Br)c1. The molecule has 2 aromatic rings. The maximum Gasteiger partial charge on any atom is 0.345 e. The molecule has 0 saturated heterocycles. The molecule has 18 heavy (non-hydrogen) atoms. The van der Waals surface area contributed by atoms with Crippen LogP contribution in [0.4, 0.5) is 0 Å². The van der Waals surface area contributed by atoms with Gasteiger partial charge < -0.3 is 4.74 Å². The van der Waals surface area contributed by atoms with Crippen LogP contribution in [0.1, 0.15) is 10.4 Å². The first-order valence-electron chi connectivity index (χ1n) is 4.84. The number of carbonyl (C=O) groups excluding carboxylic acids is 1. The highest BCUT2D eigenvalue weighted by Crippen LogP contribution is 2.31. The largest absolute Gasteiger partial charge is 0.421 e. The van der Waals surface area contributed by atoms with Gasteiger partial charge >= 0.3 is 5.97 Å². The Labute approximate surface area is 122 Å². The van der Waals surface area contributed by atoms with E-state index in [1.165, 1.54) is 6.20 Å². The Bertz CT molecular complexity index is 604. The number of hydrogen-bond donors (Lipinski definition) is 0. The minimum absolute atomic E-state index is 0.204. The van der Waals surface area contributed by atoms with E-state index < -0.39 is 5.97 Å². The van der Waals surface area contributed by atoms with Gasteiger partial charge in [-0.05, 0) is 34.1 Å². The lowest BCUT2D eigenvalue weighted by atomic mass is 10.3. The zero-order valence-corrected chi connectivity index (χ0v) is 12.0. The quantitative estimate of drug-likeness (QED) is 0.598. The molecule has 1 heterocycles. The van der Waals surface area contributed by atoms with Gasteiger partial charge in [-0.1, -0.05) is 29.3 Å². The third-order valence-corrected chi connectivity index (χ3v) is 3.29. The Morgan fingerprint density at radius 2 is 2.06 bits per heavy atom. The van der Waals surface area contributed by atoms with Crippen LogP contribution in [0.15, 0.2) is 41.1 Å². The third-order valence-electron chi connectivity index (χ3n) is 2.06. The molecule has 1 aromatic carbocycles. The first-order chi connectivity index (χ1) is 8.58. The molecule has 0 radical (unpaired) electrons. The number of ether oxygens (including phenoxy) is 1. The molecule has 0 atom stereocenters. The van der Waals surface area contributed by atoms with E-state index in [9.17, 15) is 4.79 Å². The lowest BCUT2D eigenvalue weighted by Crippen LogP contribution is -2.09. The fraction of sp³-hybridized carbons (Fsp3) is 0. The lowest BCUT2D eigenvalue weighted by Gasteiger charge is -2.06. The number of rotatable bonds is 2. The zero-order chi connectivity index (χ0) is 13.1. The standard InChI is InChI=1S/C12H6BrCl2NO2/c13-8-4-7(5-16-6-8)12(17)18-10-3-1-2-9(14)11(10)15/h1-6H. The van der Waals surface area contributed by atoms with Crippen LogP contribution in [0.3, 0.4) is 0 Å². The highest BCUT2D eigenvalue weighted by molar-refractivity contribution is 9.10. The van der Waals surface area contributed by atoms with Gasteiger partial charge in [-0.15, -0.1) is 0 Å². The summed E-state index contributed by atoms with van der Waals surface area (Å²) in [5.41, 5.74) is 0.320. The van der Waals surface area contributed by atoms with Crippen LogP contribution in [0.5, 0.6) is 5.75 Å². The third kappa shape index (κ3) is 3.02. The van der Waals surface area contributed by atoms with E-state index in [0.717, 1.165) is 0 Å². The van der Waals surface area contributed by atoms with Gasteiger partial charge in [0.1, 0.15) is 5.02 Å². The molecule has 0 amide bonds. The van der Waals surface area contributed by atoms with Gasteiger partial charge in [0.25, 0.3) is 0 Å². The van der Waals surface area contributed by atoms with Crippen LogP contribution < -0.4 is 4.74 Å². The molecule has 0 N–H and O–H groups in total. The van der Waals surface area contributed by atoms with E-state index in [2.05, 4.69) is 20.9 Å². The molecule has 0 aliphatic rings. The number of halogens is 3. The van der Waals surface area contributed by atoms with Gasteiger partial charge in [0.2, 0.25) is 0 Å². The zero-order valence-electron chi connectivity index (χ0n) is 8.86. The average Bonchev–Trinajstić information content (AvgIpc) is 2.35. The maximum absolute atomic E-state index is 11.8. The summed E-state index contributed by atoms with van der Waals surface area (Å²) < 4.78 is 5.84. The van der Waals surface area contributed by atoms with Crippen molar-refractivity contribution in [2.45, 2.75) is 0 Å². The summed E-state index contributed by atoms with van der Waals surface area (Å²) in [5, 5.41) is 0.532. The number of carbonyl (C=O) groups is 1. The Hall–Kier alpha value is -1.10. The second kappa shape index (κ2) is 5.69. The monoisotopic (exact) mass is 345 g/mol. The van der Waals surface area contributed by atoms with Crippen LogP contribution in [0, 0.1) is 0 Å². The molecule has 92 valence electrons. The van der Waals surface area contributed by atoms with Crippen LogP contribution in [-0.2, 0) is 0 Å². The second-order valence-corrected chi connectivity index (χ2v) is 5.03. The minimum Gasteiger partial charge on any atom is -0.421 e. The molecule has 1 aromatic heterocycles. The van der Waals surface area contributed by atoms with E-state index in [4.69, 9.17) is 27.9 Å². The van der Waals surface area contributed by atoms with Crippen LogP contribution in [-0.4, -0.2) is 11.0 Å². The summed E-state index contributed by atoms with van der Waals surface area (Å²) in [7, 11) is 0. The fourth-order valence-electron chi connectivity index (χ4n) is 1.25. The molecule has 0 spiro atoms. The Morgan fingerprint density at radius 3 is 2.78 bits per heavy atom. The van der Waals surface area contributed by atoms with E-state index in [-0.39, 0.29) is 10.8 Å². The molecular weight excluding hydrogens is 341 g/mol. The van der Waals surface area contributed by atoms with Gasteiger partial charge in [0.05, 0.1) is 10.6 Å². The number of benzene rings is 1. The van der Waals surface area contributed by atoms with Gasteiger partial charge in [0, 0.05) is 16.9 Å². The van der Waals surface area contributed by atoms with Crippen molar-refractivity contribution in [3.63, 3.8) is 0 Å². The molecule has 0 saturated carbocycles. The summed E-state index contributed by atoms with van der Waals surface area (Å²) in [6, 6.07) is 6.43. The molecule has 2 rings (SSSR count). The highest BCUT2D eigenvalue weighted by atomic mass is 79.9. The van der Waals surface area contributed by atoms with Crippen LogP contribution >= 0.6 is 39.1 Å². The molecule has 3 nitrogen and oxygen atoms in total. The molecule has 0 unspecified atom stereocenters. The van der Waals surface area contributed by atoms with E-state index in [1.54, 1.807) is 30.5 Å². The molecule has 0 aliphatic heterocycles. The summed E-state index contributed by atoms with van der Waals surface area (Å²) >= 11 is 15.0. The fourth-order valence-corrected chi connectivity index (χ4v) is 1.94. The van der Waals surface area contributed by atoms with E-state index in [1.807, 2.05) is 0 Å². The number of pyridine rings is 1. The van der Waals surface area contributed by atoms with Crippen molar-refractivity contribution in [3.05, 3.63) is 56.7 Å². The number of hydrogen-bond acceptors (Lipinski definition) is 3. The lowest BCUT2D eigenvalue weighted by molar-refractivity contribution is 0.0734. The Kier molecular flexibility index (Phi) is 4.22. The molecular formula is C12H6BrCl2NO2. The number of aromatic nitrogens is 1. The van der Waals surface area contributed by atoms with Crippen molar-refractivity contribution < 1.29 is 9.53 Å². The molecule has 0 bridgehead atoms. The Balaban J connectivity index is 2.24. The maximum atomic E-state index is 11.8. The van der Waals surface area contributed by atoms with Crippen molar-refractivity contribution in [1.82, 2.24) is 4.98 Å². The van der Waals surface area contributed by atoms with Gasteiger partial charge in [-0.25, -0.2) is 4.79 Å². The van der Waals surface area contributed by atoms with Gasteiger partial charge in [-0.2, -0.15) is 0 Å². The molecule has 0 aliphatic carbocycles. The Morgan fingerprint density at radius 1 is 1.28 bits per heavy atom. The smallest absolute Gasteiger partial charge is 0.345 e. The van der Waals surface area contributed by atoms with Crippen molar-refractivity contribution >= 4 is 45.1 Å². The first kappa shape index (κ1) is 13.3. The topological polar surface area (TPSA) is 39.2 Å². The summed E-state index contributed by atoms with van der Waals surface area (Å²) in [6.07, 6.45) is 2.98. The van der Waals surface area contributed by atoms with E-state index >= 15 is 0 Å². The normalized spacial score (nSPS) is 10.2. The van der Waals surface area contributed by atoms with Gasteiger partial charge in [-0.3, -0.25) is 4.98 Å². The van der Waals surface area contributed by atoms with Gasteiger partial charge in [0.15, 0.2) is 5.75 Å². The van der Waals surface area contributed by atoms with Crippen molar-refractivity contribution in [2.75, 3.05) is 0 Å². The van der Waals surface area contributed by atoms with Crippen LogP contribution in [0.25, 0.3) is 0 Å². The number of nitrogens with zero attached hydrogens (tertiary/aromatic N) is 1. The van der Waals surface area contributed by atoms with Crippen LogP contribution in [0.2, 0.25) is 10.0 Å². The highest BCUT2D eigenvalue weighted by Gasteiger charge is 2.13. The summed E-state index contributed by atoms with van der Waals surface area (Å²) in [4.78, 5) is 15.7. The summed E-state index contributed by atoms with van der Waals surface area (Å²) in [5.74, 6) is -0.331. The van der Waals surface area contributed by atoms with E-state index in [0.29, 0.717) is 15.1 Å². The molecule has 0 fully saturated rings. The van der Waals surface area contributed by atoms with Crippen molar-refractivity contribution in [2.24, 2.45) is 0 Å². The second-order valence-electron chi connectivity index (χ2n) is 3.33. The minimum atomic E-state index is -0.548. The predicted octanol–water partition coefficient (Wildman–Crippen LogP) is 4.37. The number of esters is 1. The average molecular weight is 347 g/mol. The molecule has 6 heteroatoms. The predicted molar refractivity (Wildman–Crippen MR) is 73.4 cm³/mol. The first-order valence-corrected chi connectivity index (χ1v) is 6.39. The summed E-state index contributed by atoms with van der Waals surface area (Å²) in [6.45, 7) is 0. The van der Waals surface area contributed by atoms with Crippen molar-refractivity contribution in [3.8, 4) is 5.75 Å². The van der Waals surface area contributed by atoms with Crippen molar-refractivity contribution in [1.29, 1.82) is 0 Å².